The van der Waals surface area contributed by atoms with Gasteiger partial charge in [-0.1, -0.05) is 37.5 Å². The Bertz CT molecular complexity index is 2120. The number of nitrogens with zero attached hydrogens (tertiary/aromatic N) is 3. The molecule has 0 spiro atoms. The minimum Gasteiger partial charge on any atom is -0.496 e. The molecule has 1 N–H and O–H groups in total. The van der Waals surface area contributed by atoms with E-state index in [0.29, 0.717) is 50.6 Å². The maximum atomic E-state index is 15.0. The van der Waals surface area contributed by atoms with E-state index in [4.69, 9.17) is 9.47 Å². The van der Waals surface area contributed by atoms with Gasteiger partial charge in [-0.25, -0.2) is 17.9 Å². The SMILES string of the molecule is COC(=O)N1CC23CCC2(C1)CN(C(=O)[C@@H]1CC=CC2=C4C(=C4C(=O)NS(=O)(=O)C(C)C)Cn4c(cc5c(OC)ccc(C6CCCCC6)c54)[C@H]21)C3. The van der Waals surface area contributed by atoms with E-state index in [0.717, 1.165) is 64.7 Å². The van der Waals surface area contributed by atoms with E-state index < -0.39 is 27.1 Å². The van der Waals surface area contributed by atoms with Crippen LogP contribution in [0.15, 0.2) is 52.6 Å². The van der Waals surface area contributed by atoms with Gasteiger partial charge in [0.15, 0.2) is 0 Å². The van der Waals surface area contributed by atoms with Crippen molar-refractivity contribution in [3.63, 3.8) is 0 Å². The van der Waals surface area contributed by atoms with E-state index in [1.807, 2.05) is 11.0 Å². The van der Waals surface area contributed by atoms with Gasteiger partial charge in [-0.05, 0) is 86.3 Å². The first kappa shape index (κ1) is 33.8. The van der Waals surface area contributed by atoms with E-state index in [9.17, 15) is 18.0 Å². The number of allylic oxidation sites excluding steroid dienone is 4. The van der Waals surface area contributed by atoms with Gasteiger partial charge in [-0.3, -0.25) is 9.59 Å². The quantitative estimate of drug-likeness (QED) is 0.415. The Labute approximate surface area is 305 Å². The molecule has 0 radical (unpaired) electrons. The van der Waals surface area contributed by atoms with Crippen molar-refractivity contribution in [3.05, 3.63) is 63.9 Å². The third-order valence-electron chi connectivity index (χ3n) is 13.8. The Balaban J connectivity index is 1.15. The number of likely N-dealkylation sites (tertiary alicyclic amines) is 2. The maximum Gasteiger partial charge on any atom is 0.409 e. The number of benzene rings is 1. The van der Waals surface area contributed by atoms with Gasteiger partial charge in [0.1, 0.15) is 5.75 Å². The van der Waals surface area contributed by atoms with Gasteiger partial charge in [0, 0.05) is 60.6 Å². The largest absolute Gasteiger partial charge is 0.496 e. The zero-order valence-electron chi connectivity index (χ0n) is 30.5. The standard InChI is InChI=1S/C40H48N4O7S/c1-23(2)52(48,49)41-36(45)34-29-18-44-30(17-28-31(50-3)14-13-25(35(28)44)24-9-6-5-7-10-24)32-26(33(29)34)11-8-12-27(32)37(46)42-19-39-15-16-40(39,20-42)22-43(21-39)38(47)51-4/h8,11,13-14,17,23-24,27,32H,5-7,9-10,12,15-16,18-22H2,1-4H3,(H,41,45)/t27-,32-,39?,40?/m1/s1. The first-order valence-corrected chi connectivity index (χ1v) is 20.5. The van der Waals surface area contributed by atoms with Crippen molar-refractivity contribution in [2.75, 3.05) is 40.4 Å². The lowest BCUT2D eigenvalue weighted by Crippen LogP contribution is -2.49. The van der Waals surface area contributed by atoms with Crippen LogP contribution >= 0.6 is 0 Å². The number of nitrogens with one attached hydrogen (secondary N) is 1. The molecular weight excluding hydrogens is 681 g/mol. The number of ether oxygens (including phenoxy) is 2. The highest BCUT2D eigenvalue weighted by atomic mass is 32.2. The van der Waals surface area contributed by atoms with Crippen LogP contribution in [0.4, 0.5) is 4.79 Å². The number of sulfonamides is 1. The molecule has 276 valence electrons. The summed E-state index contributed by atoms with van der Waals surface area (Å²) >= 11 is 0. The molecule has 12 heteroatoms. The van der Waals surface area contributed by atoms with E-state index >= 15 is 4.79 Å². The summed E-state index contributed by atoms with van der Waals surface area (Å²) in [6.45, 7) is 5.97. The molecule has 4 atom stereocenters. The zero-order valence-corrected chi connectivity index (χ0v) is 31.3. The highest BCUT2D eigenvalue weighted by Crippen LogP contribution is 2.66. The average Bonchev–Trinajstić information content (AvgIpc) is 3.62. The molecule has 1 aromatic carbocycles. The molecule has 4 fully saturated rings. The molecule has 11 nitrogen and oxygen atoms in total. The van der Waals surface area contributed by atoms with Crippen LogP contribution in [-0.4, -0.2) is 86.3 Å². The van der Waals surface area contributed by atoms with Crippen molar-refractivity contribution < 1.29 is 32.3 Å². The fourth-order valence-electron chi connectivity index (χ4n) is 10.9. The number of methoxy groups -OCH3 is 2. The Kier molecular flexibility index (Phi) is 7.61. The number of fused-ring (bicyclic) bond motifs is 6. The van der Waals surface area contributed by atoms with E-state index in [2.05, 4.69) is 38.5 Å². The summed E-state index contributed by atoms with van der Waals surface area (Å²) < 4.78 is 41.4. The van der Waals surface area contributed by atoms with E-state index in [1.54, 1.807) is 21.0 Å². The first-order valence-electron chi connectivity index (χ1n) is 18.9. The second-order valence-electron chi connectivity index (χ2n) is 16.6. The lowest BCUT2D eigenvalue weighted by Gasteiger charge is -2.48. The minimum atomic E-state index is -3.85. The second kappa shape index (κ2) is 11.7. The number of aromatic nitrogens is 1. The second-order valence-corrected chi connectivity index (χ2v) is 18.9. The number of hydrogen-bond donors (Lipinski definition) is 1. The van der Waals surface area contributed by atoms with Crippen molar-refractivity contribution in [1.29, 1.82) is 0 Å². The fourth-order valence-corrected chi connectivity index (χ4v) is 11.5. The molecule has 4 aliphatic carbocycles. The molecule has 52 heavy (non-hydrogen) atoms. The summed E-state index contributed by atoms with van der Waals surface area (Å²) in [7, 11) is -0.737. The highest BCUT2D eigenvalue weighted by molar-refractivity contribution is 7.90. The van der Waals surface area contributed by atoms with Crippen LogP contribution in [0.2, 0.25) is 0 Å². The van der Waals surface area contributed by atoms with Crippen LogP contribution in [0, 0.1) is 16.7 Å². The third kappa shape index (κ3) is 4.74. The van der Waals surface area contributed by atoms with Crippen molar-refractivity contribution in [2.24, 2.45) is 16.7 Å². The topological polar surface area (TPSA) is 127 Å². The molecule has 3 amide bonds. The monoisotopic (exact) mass is 728 g/mol. The Morgan fingerprint density at radius 1 is 0.962 bits per heavy atom. The first-order chi connectivity index (χ1) is 24.9. The summed E-state index contributed by atoms with van der Waals surface area (Å²) in [6, 6.07) is 6.49. The highest BCUT2D eigenvalue weighted by Gasteiger charge is 2.70. The average molecular weight is 729 g/mol. The number of carbonyl (C=O) groups is 3. The van der Waals surface area contributed by atoms with Gasteiger partial charge in [0.25, 0.3) is 5.91 Å². The van der Waals surface area contributed by atoms with E-state index in [-0.39, 0.29) is 28.7 Å². The van der Waals surface area contributed by atoms with Crippen LogP contribution in [0.1, 0.15) is 88.3 Å². The molecule has 4 heterocycles. The molecule has 2 saturated carbocycles. The molecule has 7 aliphatic rings. The minimum absolute atomic E-state index is 0.0980. The van der Waals surface area contributed by atoms with Gasteiger partial charge in [-0.2, -0.15) is 0 Å². The van der Waals surface area contributed by atoms with Crippen molar-refractivity contribution >= 4 is 38.8 Å². The summed E-state index contributed by atoms with van der Waals surface area (Å²) in [5.41, 5.74) is 6.12. The zero-order chi connectivity index (χ0) is 36.3. The number of carbonyl (C=O) groups excluding carboxylic acids is 3. The summed E-state index contributed by atoms with van der Waals surface area (Å²) in [4.78, 5) is 45.2. The van der Waals surface area contributed by atoms with Gasteiger partial charge >= 0.3 is 6.09 Å². The molecule has 3 aliphatic heterocycles. The summed E-state index contributed by atoms with van der Waals surface area (Å²) in [6.07, 6.45) is 12.1. The van der Waals surface area contributed by atoms with Crippen LogP contribution < -0.4 is 9.46 Å². The van der Waals surface area contributed by atoms with Gasteiger partial charge in [0.05, 0.1) is 36.5 Å². The molecule has 0 bridgehead atoms. The third-order valence-corrected chi connectivity index (χ3v) is 15.5. The van der Waals surface area contributed by atoms with Gasteiger partial charge in [0.2, 0.25) is 15.9 Å². The molecule has 1 aromatic heterocycles. The predicted octanol–water partition coefficient (Wildman–Crippen LogP) is 5.52. The fraction of sp³-hybridized carbons (Fsp3) is 0.575. The number of rotatable bonds is 6. The lowest BCUT2D eigenvalue weighted by molar-refractivity contribution is -0.135. The van der Waals surface area contributed by atoms with Crippen LogP contribution in [-0.2, 0) is 30.9 Å². The number of hydrogen-bond acceptors (Lipinski definition) is 7. The number of amides is 3. The predicted molar refractivity (Wildman–Crippen MR) is 195 cm³/mol. The Morgan fingerprint density at radius 3 is 2.29 bits per heavy atom. The molecule has 2 saturated heterocycles. The maximum absolute atomic E-state index is 15.0. The molecular formula is C40H48N4O7S. The van der Waals surface area contributed by atoms with Crippen LogP contribution in [0.25, 0.3) is 10.9 Å². The van der Waals surface area contributed by atoms with Gasteiger partial charge in [-0.15, -0.1) is 0 Å². The molecule has 9 rings (SSSR count). The molecule has 2 unspecified atom stereocenters. The summed E-state index contributed by atoms with van der Waals surface area (Å²) in [5.74, 6) is -0.0816. The molecule has 2 aromatic rings. The summed E-state index contributed by atoms with van der Waals surface area (Å²) in [5, 5.41) is 0.250. The van der Waals surface area contributed by atoms with Crippen molar-refractivity contribution in [3.8, 4) is 5.75 Å². The van der Waals surface area contributed by atoms with E-state index in [1.165, 1.54) is 31.9 Å². The normalized spacial score (nSPS) is 29.2. The van der Waals surface area contributed by atoms with Crippen LogP contribution in [0.3, 0.4) is 0 Å². The van der Waals surface area contributed by atoms with Crippen molar-refractivity contribution in [1.82, 2.24) is 19.1 Å². The van der Waals surface area contributed by atoms with Crippen LogP contribution in [0.5, 0.6) is 5.75 Å². The Hall–Kier alpha value is -4.06. The Morgan fingerprint density at radius 2 is 1.65 bits per heavy atom. The van der Waals surface area contributed by atoms with Gasteiger partial charge < -0.3 is 23.8 Å². The lowest BCUT2D eigenvalue weighted by atomic mass is 9.53. The van der Waals surface area contributed by atoms with Crippen molar-refractivity contribution in [2.45, 2.75) is 88.8 Å². The smallest absolute Gasteiger partial charge is 0.409 e.